The average molecular weight is 447 g/mol. The summed E-state index contributed by atoms with van der Waals surface area (Å²) in [5.74, 6) is 2.13. The van der Waals surface area contributed by atoms with E-state index < -0.39 is 0 Å². The van der Waals surface area contributed by atoms with Crippen LogP contribution in [-0.2, 0) is 9.47 Å². The number of hydrogen-bond donors (Lipinski definition) is 1. The number of quaternary nitrogens is 1. The van der Waals surface area contributed by atoms with Crippen LogP contribution in [0.4, 0.5) is 0 Å². The molecule has 180 valence electrons. The third-order valence-corrected chi connectivity index (χ3v) is 7.28. The minimum absolute atomic E-state index is 0.0323. The summed E-state index contributed by atoms with van der Waals surface area (Å²) in [4.78, 5) is 0. The summed E-state index contributed by atoms with van der Waals surface area (Å²) in [7, 11) is 4.36. The number of hydrogen-bond acceptors (Lipinski definition) is 4. The number of unbranched alkanes of at least 4 members (excludes halogenated alkanes) is 12. The van der Waals surface area contributed by atoms with Crippen LogP contribution in [0.25, 0.3) is 0 Å². The first kappa shape index (κ1) is 28.2. The van der Waals surface area contributed by atoms with Gasteiger partial charge in [0.2, 0.25) is 0 Å². The molecule has 0 aromatic carbocycles. The number of thioether (sulfide) groups is 1. The first-order chi connectivity index (χ1) is 14.6. The van der Waals surface area contributed by atoms with Crippen LogP contribution >= 0.6 is 11.8 Å². The smallest absolute Gasteiger partial charge is 0.158 e. The Morgan fingerprint density at radius 1 is 0.833 bits per heavy atom. The van der Waals surface area contributed by atoms with Gasteiger partial charge in [-0.3, -0.25) is 0 Å². The van der Waals surface area contributed by atoms with E-state index in [1.807, 2.05) is 11.8 Å². The van der Waals surface area contributed by atoms with Crippen LogP contribution in [0, 0.1) is 0 Å². The monoisotopic (exact) mass is 446 g/mol. The lowest BCUT2D eigenvalue weighted by molar-refractivity contribution is -0.888. The topological polar surface area (TPSA) is 38.7 Å². The van der Waals surface area contributed by atoms with Gasteiger partial charge in [0.05, 0.1) is 40.0 Å². The van der Waals surface area contributed by atoms with Crippen molar-refractivity contribution in [2.75, 3.05) is 51.9 Å². The molecule has 0 aromatic heterocycles. The Balaban J connectivity index is 1.85. The van der Waals surface area contributed by atoms with Crippen molar-refractivity contribution in [3.63, 3.8) is 0 Å². The van der Waals surface area contributed by atoms with E-state index in [2.05, 4.69) is 21.0 Å². The minimum atomic E-state index is 0.0323. The molecule has 2 unspecified atom stereocenters. The van der Waals surface area contributed by atoms with E-state index in [4.69, 9.17) is 14.6 Å². The predicted molar refractivity (Wildman–Crippen MR) is 131 cm³/mol. The van der Waals surface area contributed by atoms with Gasteiger partial charge in [0.15, 0.2) is 6.29 Å². The Kier molecular flexibility index (Phi) is 17.6. The van der Waals surface area contributed by atoms with Gasteiger partial charge in [0.25, 0.3) is 0 Å². The summed E-state index contributed by atoms with van der Waals surface area (Å²) in [6.07, 6.45) is 19.5. The van der Waals surface area contributed by atoms with Crippen LogP contribution < -0.4 is 0 Å². The zero-order chi connectivity index (χ0) is 21.9. The molecule has 0 spiro atoms. The highest BCUT2D eigenvalue weighted by Gasteiger charge is 2.25. The second-order valence-corrected chi connectivity index (χ2v) is 10.9. The number of aliphatic hydroxyl groups is 1. The highest BCUT2D eigenvalue weighted by Crippen LogP contribution is 2.21. The van der Waals surface area contributed by atoms with Crippen LogP contribution in [-0.4, -0.2) is 73.9 Å². The van der Waals surface area contributed by atoms with Gasteiger partial charge in [-0.05, 0) is 12.8 Å². The van der Waals surface area contributed by atoms with Crippen molar-refractivity contribution in [2.45, 2.75) is 109 Å². The Bertz CT molecular complexity index is 381. The van der Waals surface area contributed by atoms with Crippen molar-refractivity contribution >= 4 is 11.8 Å². The molecule has 1 heterocycles. The molecule has 4 nitrogen and oxygen atoms in total. The summed E-state index contributed by atoms with van der Waals surface area (Å²) in [5, 5.41) is 9.09. The van der Waals surface area contributed by atoms with Gasteiger partial charge in [0, 0.05) is 11.5 Å². The first-order valence-corrected chi connectivity index (χ1v) is 14.0. The fourth-order valence-corrected chi connectivity index (χ4v) is 5.21. The molecule has 2 atom stereocenters. The van der Waals surface area contributed by atoms with E-state index in [1.165, 1.54) is 83.5 Å². The van der Waals surface area contributed by atoms with E-state index in [0.29, 0.717) is 0 Å². The maximum Gasteiger partial charge on any atom is 0.158 e. The molecule has 1 rings (SSSR count). The minimum Gasteiger partial charge on any atom is -0.391 e. The Morgan fingerprint density at radius 3 is 1.97 bits per heavy atom. The van der Waals surface area contributed by atoms with Crippen LogP contribution in [0.5, 0.6) is 0 Å². The standard InChI is InChI=1S/C25H52NO3S/c1-4-5-6-7-8-9-10-11-12-13-14-15-16-17-25-28-22-24(29-25)23-30-21-19-26(2,3)18-20-27/h24-25,27H,4-23H2,1-3H3/q+1. The average Bonchev–Trinajstić information content (AvgIpc) is 3.16. The van der Waals surface area contributed by atoms with Crippen molar-refractivity contribution in [2.24, 2.45) is 0 Å². The normalized spacial score (nSPS) is 19.6. The number of likely N-dealkylation sites (N-methyl/N-ethyl adjacent to an activating group) is 1. The predicted octanol–water partition coefficient (Wildman–Crippen LogP) is 6.01. The number of aliphatic hydroxyl groups excluding tert-OH is 1. The molecule has 0 bridgehead atoms. The van der Waals surface area contributed by atoms with Crippen LogP contribution in [0.2, 0.25) is 0 Å². The van der Waals surface area contributed by atoms with Gasteiger partial charge in [-0.15, -0.1) is 0 Å². The van der Waals surface area contributed by atoms with Crippen molar-refractivity contribution < 1.29 is 19.1 Å². The van der Waals surface area contributed by atoms with E-state index in [0.717, 1.165) is 42.1 Å². The lowest BCUT2D eigenvalue weighted by atomic mass is 10.0. The van der Waals surface area contributed by atoms with E-state index >= 15 is 0 Å². The summed E-state index contributed by atoms with van der Waals surface area (Å²) < 4.78 is 12.8. The summed E-state index contributed by atoms with van der Waals surface area (Å²) in [6.45, 7) is 5.21. The highest BCUT2D eigenvalue weighted by atomic mass is 32.2. The van der Waals surface area contributed by atoms with Crippen molar-refractivity contribution in [1.29, 1.82) is 0 Å². The molecule has 1 aliphatic heterocycles. The van der Waals surface area contributed by atoms with Crippen molar-refractivity contribution in [3.8, 4) is 0 Å². The Labute approximate surface area is 192 Å². The molecule has 0 aliphatic carbocycles. The van der Waals surface area contributed by atoms with Gasteiger partial charge >= 0.3 is 0 Å². The molecule has 5 heteroatoms. The summed E-state index contributed by atoms with van der Waals surface area (Å²) in [6, 6.07) is 0. The van der Waals surface area contributed by atoms with Crippen molar-refractivity contribution in [1.82, 2.24) is 0 Å². The molecule has 1 fully saturated rings. The molecule has 1 N–H and O–H groups in total. The van der Waals surface area contributed by atoms with E-state index in [1.54, 1.807) is 0 Å². The Morgan fingerprint density at radius 2 is 1.40 bits per heavy atom. The van der Waals surface area contributed by atoms with E-state index in [9.17, 15) is 0 Å². The molecular formula is C25H52NO3S+. The summed E-state index contributed by atoms with van der Waals surface area (Å²) >= 11 is 1.95. The summed E-state index contributed by atoms with van der Waals surface area (Å²) in [5.41, 5.74) is 0. The third kappa shape index (κ3) is 15.9. The fraction of sp³-hybridized carbons (Fsp3) is 1.00. The Hall–Kier alpha value is 0.190. The van der Waals surface area contributed by atoms with Crippen LogP contribution in [0.3, 0.4) is 0 Å². The van der Waals surface area contributed by atoms with Gasteiger partial charge in [-0.2, -0.15) is 11.8 Å². The second-order valence-electron chi connectivity index (χ2n) is 9.73. The zero-order valence-electron chi connectivity index (χ0n) is 20.4. The molecule has 0 saturated carbocycles. The first-order valence-electron chi connectivity index (χ1n) is 12.8. The van der Waals surface area contributed by atoms with E-state index in [-0.39, 0.29) is 19.0 Å². The van der Waals surface area contributed by atoms with Crippen molar-refractivity contribution in [3.05, 3.63) is 0 Å². The molecule has 1 aliphatic rings. The zero-order valence-corrected chi connectivity index (χ0v) is 21.2. The third-order valence-electron chi connectivity index (χ3n) is 6.21. The second kappa shape index (κ2) is 18.7. The highest BCUT2D eigenvalue weighted by molar-refractivity contribution is 7.99. The fourth-order valence-electron chi connectivity index (χ4n) is 3.98. The van der Waals surface area contributed by atoms with Gasteiger partial charge in [-0.25, -0.2) is 0 Å². The lowest BCUT2D eigenvalue weighted by Gasteiger charge is -2.28. The molecule has 0 amide bonds. The quantitative estimate of drug-likeness (QED) is 0.173. The van der Waals surface area contributed by atoms with Gasteiger partial charge in [-0.1, -0.05) is 84.0 Å². The maximum atomic E-state index is 9.09. The lowest BCUT2D eigenvalue weighted by Crippen LogP contribution is -2.43. The molecule has 30 heavy (non-hydrogen) atoms. The molecule has 0 aromatic rings. The number of rotatable bonds is 21. The molecule has 0 radical (unpaired) electrons. The van der Waals surface area contributed by atoms with Crippen LogP contribution in [0.15, 0.2) is 0 Å². The maximum absolute atomic E-state index is 9.09. The van der Waals surface area contributed by atoms with Crippen LogP contribution in [0.1, 0.15) is 96.8 Å². The number of nitrogens with zero attached hydrogens (tertiary/aromatic N) is 1. The molecule has 1 saturated heterocycles. The van der Waals surface area contributed by atoms with Gasteiger partial charge in [0.1, 0.15) is 6.54 Å². The molecular weight excluding hydrogens is 394 g/mol. The van der Waals surface area contributed by atoms with Gasteiger partial charge < -0.3 is 19.1 Å². The SMILES string of the molecule is CCCCCCCCCCCCCCCC1OCC(CSCC[N+](C)(C)CCO)O1. The number of ether oxygens (including phenoxy) is 2. The largest absolute Gasteiger partial charge is 0.391 e.